The minimum absolute atomic E-state index is 0.0254. The number of hydrogen-bond donors (Lipinski definition) is 0. The number of aromatic nitrogens is 4. The average Bonchev–Trinajstić information content (AvgIpc) is 3.01. The second kappa shape index (κ2) is 5.16. The van der Waals surface area contributed by atoms with E-state index in [1.54, 1.807) is 9.36 Å². The molecule has 21 heavy (non-hydrogen) atoms. The molecular weight excluding hydrogens is 264 g/mol. The zero-order valence-electron chi connectivity index (χ0n) is 12.5. The van der Waals surface area contributed by atoms with Gasteiger partial charge in [0.2, 0.25) is 0 Å². The number of rotatable bonds is 4. The molecule has 0 radical (unpaired) electrons. The fourth-order valence-electron chi connectivity index (χ4n) is 2.58. The largest absolute Gasteiger partial charge is 0.292 e. The van der Waals surface area contributed by atoms with Gasteiger partial charge in [0, 0.05) is 25.2 Å². The van der Waals surface area contributed by atoms with E-state index in [4.69, 9.17) is 0 Å². The highest BCUT2D eigenvalue weighted by atomic mass is 16.1. The van der Waals surface area contributed by atoms with E-state index in [2.05, 4.69) is 17.1 Å². The first-order valence-corrected chi connectivity index (χ1v) is 7.07. The van der Waals surface area contributed by atoms with Crippen molar-refractivity contribution in [2.75, 3.05) is 0 Å². The predicted molar refractivity (Wildman–Crippen MR) is 81.3 cm³/mol. The summed E-state index contributed by atoms with van der Waals surface area (Å²) in [5, 5.41) is 9.67. The fourth-order valence-corrected chi connectivity index (χ4v) is 2.58. The lowest BCUT2D eigenvalue weighted by molar-refractivity contribution is 0.0987. The first-order chi connectivity index (χ1) is 10.1. The topological polar surface area (TPSA) is 52.7 Å². The van der Waals surface area contributed by atoms with E-state index >= 15 is 0 Å². The summed E-state index contributed by atoms with van der Waals surface area (Å²) in [7, 11) is 3.73. The number of carbonyl (C=O) groups is 1. The number of benzene rings is 1. The van der Waals surface area contributed by atoms with Crippen LogP contribution >= 0.6 is 0 Å². The maximum absolute atomic E-state index is 12.6. The van der Waals surface area contributed by atoms with Crippen LogP contribution < -0.4 is 0 Å². The third-order valence-electron chi connectivity index (χ3n) is 3.75. The van der Waals surface area contributed by atoms with Crippen LogP contribution in [0.5, 0.6) is 0 Å². The molecule has 2 aromatic heterocycles. The standard InChI is InChI=1S/C16H18N4O/c1-4-11-9-12(19(2)17-11)10-15(21)16-13-7-5-6-8-14(13)20(3)18-16/h5-9H,4,10H2,1-3H3. The monoisotopic (exact) mass is 282 g/mol. The van der Waals surface area contributed by atoms with Gasteiger partial charge in [-0.3, -0.25) is 14.2 Å². The Bertz CT molecular complexity index is 813. The van der Waals surface area contributed by atoms with Crippen LogP contribution in [0.2, 0.25) is 0 Å². The van der Waals surface area contributed by atoms with Crippen molar-refractivity contribution in [2.24, 2.45) is 14.1 Å². The molecule has 108 valence electrons. The predicted octanol–water partition coefficient (Wildman–Crippen LogP) is 2.29. The van der Waals surface area contributed by atoms with Crippen LogP contribution in [0.4, 0.5) is 0 Å². The molecule has 5 nitrogen and oxygen atoms in total. The number of ketones is 1. The van der Waals surface area contributed by atoms with Crippen LogP contribution in [0.25, 0.3) is 10.9 Å². The van der Waals surface area contributed by atoms with Gasteiger partial charge in [0.05, 0.1) is 17.6 Å². The Morgan fingerprint density at radius 3 is 2.62 bits per heavy atom. The molecule has 2 heterocycles. The molecule has 3 aromatic rings. The third-order valence-corrected chi connectivity index (χ3v) is 3.75. The van der Waals surface area contributed by atoms with E-state index in [9.17, 15) is 4.79 Å². The van der Waals surface area contributed by atoms with Crippen molar-refractivity contribution < 1.29 is 4.79 Å². The van der Waals surface area contributed by atoms with E-state index in [1.165, 1.54) is 0 Å². The van der Waals surface area contributed by atoms with Crippen LogP contribution in [0, 0.1) is 0 Å². The van der Waals surface area contributed by atoms with Gasteiger partial charge in [-0.15, -0.1) is 0 Å². The number of fused-ring (bicyclic) bond motifs is 1. The molecule has 0 amide bonds. The van der Waals surface area contributed by atoms with E-state index in [0.717, 1.165) is 28.7 Å². The van der Waals surface area contributed by atoms with Crippen molar-refractivity contribution in [1.29, 1.82) is 0 Å². The SMILES string of the molecule is CCc1cc(CC(=O)c2nn(C)c3ccccc23)n(C)n1. The molecule has 0 bridgehead atoms. The van der Waals surface area contributed by atoms with Gasteiger partial charge in [0.1, 0.15) is 5.69 Å². The summed E-state index contributed by atoms with van der Waals surface area (Å²) in [5.41, 5.74) is 3.44. The van der Waals surface area contributed by atoms with Gasteiger partial charge in [-0.2, -0.15) is 10.2 Å². The molecule has 0 aliphatic heterocycles. The lowest BCUT2D eigenvalue weighted by Crippen LogP contribution is -2.09. The second-order valence-corrected chi connectivity index (χ2v) is 5.19. The Kier molecular flexibility index (Phi) is 3.33. The molecule has 5 heteroatoms. The van der Waals surface area contributed by atoms with Gasteiger partial charge in [-0.1, -0.05) is 25.1 Å². The quantitative estimate of drug-likeness (QED) is 0.690. The van der Waals surface area contributed by atoms with Crippen molar-refractivity contribution in [1.82, 2.24) is 19.6 Å². The van der Waals surface area contributed by atoms with Gasteiger partial charge in [-0.25, -0.2) is 0 Å². The average molecular weight is 282 g/mol. The van der Waals surface area contributed by atoms with Crippen LogP contribution in [0.1, 0.15) is 28.8 Å². The number of Topliss-reactive ketones (excluding diaryl/α,β-unsaturated/α-hetero) is 1. The van der Waals surface area contributed by atoms with E-state index in [0.29, 0.717) is 12.1 Å². The molecule has 0 unspecified atom stereocenters. The van der Waals surface area contributed by atoms with Crippen LogP contribution in [-0.4, -0.2) is 25.3 Å². The zero-order valence-corrected chi connectivity index (χ0v) is 12.5. The second-order valence-electron chi connectivity index (χ2n) is 5.19. The number of para-hydroxylation sites is 1. The normalized spacial score (nSPS) is 11.2. The highest BCUT2D eigenvalue weighted by Crippen LogP contribution is 2.19. The summed E-state index contributed by atoms with van der Waals surface area (Å²) in [5.74, 6) is 0.0254. The number of carbonyl (C=O) groups excluding carboxylic acids is 1. The number of aryl methyl sites for hydroxylation is 3. The summed E-state index contributed by atoms with van der Waals surface area (Å²) in [6.07, 6.45) is 1.19. The van der Waals surface area contributed by atoms with E-state index < -0.39 is 0 Å². The Morgan fingerprint density at radius 2 is 1.90 bits per heavy atom. The molecule has 0 aliphatic rings. The molecular formula is C16H18N4O. The Hall–Kier alpha value is -2.43. The van der Waals surface area contributed by atoms with Crippen molar-refractivity contribution in [3.63, 3.8) is 0 Å². The molecule has 3 rings (SSSR count). The Labute approximate surface area is 123 Å². The first-order valence-electron chi connectivity index (χ1n) is 7.07. The molecule has 0 saturated carbocycles. The van der Waals surface area contributed by atoms with Crippen LogP contribution in [0.15, 0.2) is 30.3 Å². The third kappa shape index (κ3) is 2.35. The summed E-state index contributed by atoms with van der Waals surface area (Å²) >= 11 is 0. The maximum atomic E-state index is 12.6. The van der Waals surface area contributed by atoms with Gasteiger partial charge < -0.3 is 0 Å². The Balaban J connectivity index is 1.95. The van der Waals surface area contributed by atoms with Crippen molar-refractivity contribution in [2.45, 2.75) is 19.8 Å². The minimum Gasteiger partial charge on any atom is -0.292 e. The molecule has 0 N–H and O–H groups in total. The molecule has 0 atom stereocenters. The summed E-state index contributed by atoms with van der Waals surface area (Å²) < 4.78 is 3.53. The lowest BCUT2D eigenvalue weighted by atomic mass is 10.1. The Morgan fingerprint density at radius 1 is 1.14 bits per heavy atom. The van der Waals surface area contributed by atoms with Gasteiger partial charge >= 0.3 is 0 Å². The summed E-state index contributed by atoms with van der Waals surface area (Å²) in [4.78, 5) is 12.6. The lowest BCUT2D eigenvalue weighted by Gasteiger charge is -1.99. The fraction of sp³-hybridized carbons (Fsp3) is 0.312. The van der Waals surface area contributed by atoms with Gasteiger partial charge in [0.25, 0.3) is 0 Å². The van der Waals surface area contributed by atoms with Crippen LogP contribution in [0.3, 0.4) is 0 Å². The molecule has 0 saturated heterocycles. The minimum atomic E-state index is 0.0254. The highest BCUT2D eigenvalue weighted by molar-refractivity contribution is 6.06. The first kappa shape index (κ1) is 13.5. The van der Waals surface area contributed by atoms with Crippen molar-refractivity contribution in [3.05, 3.63) is 47.4 Å². The maximum Gasteiger partial charge on any atom is 0.189 e. The zero-order chi connectivity index (χ0) is 15.0. The number of hydrogen-bond acceptors (Lipinski definition) is 3. The molecule has 0 spiro atoms. The molecule has 0 aliphatic carbocycles. The molecule has 1 aromatic carbocycles. The smallest absolute Gasteiger partial charge is 0.189 e. The summed E-state index contributed by atoms with van der Waals surface area (Å²) in [6.45, 7) is 2.06. The van der Waals surface area contributed by atoms with Crippen molar-refractivity contribution >= 4 is 16.7 Å². The van der Waals surface area contributed by atoms with E-state index in [-0.39, 0.29) is 5.78 Å². The van der Waals surface area contributed by atoms with Gasteiger partial charge in [-0.05, 0) is 18.6 Å². The van der Waals surface area contributed by atoms with E-state index in [1.807, 2.05) is 44.4 Å². The highest BCUT2D eigenvalue weighted by Gasteiger charge is 2.17. The van der Waals surface area contributed by atoms with Gasteiger partial charge in [0.15, 0.2) is 5.78 Å². The number of nitrogens with zero attached hydrogens (tertiary/aromatic N) is 4. The van der Waals surface area contributed by atoms with Crippen LogP contribution in [-0.2, 0) is 26.9 Å². The summed E-state index contributed by atoms with van der Waals surface area (Å²) in [6, 6.07) is 9.78. The molecule has 0 fully saturated rings. The van der Waals surface area contributed by atoms with Crippen molar-refractivity contribution in [3.8, 4) is 0 Å².